The van der Waals surface area contributed by atoms with Gasteiger partial charge in [0.2, 0.25) is 5.91 Å². The Morgan fingerprint density at radius 1 is 1.47 bits per heavy atom. The Bertz CT molecular complexity index is 463. The number of hydrogen-bond donors (Lipinski definition) is 0. The monoisotopic (exact) mass is 260 g/mol. The first-order valence-electron chi connectivity index (χ1n) is 6.26. The van der Waals surface area contributed by atoms with Gasteiger partial charge < -0.3 is 4.90 Å². The molecule has 1 heterocycles. The minimum atomic E-state index is -0.162. The molecule has 1 rings (SSSR count). The summed E-state index contributed by atoms with van der Waals surface area (Å²) in [7, 11) is 1.87. The first-order chi connectivity index (χ1) is 8.95. The zero-order chi connectivity index (χ0) is 14.4. The van der Waals surface area contributed by atoms with Crippen LogP contribution in [0.4, 0.5) is 5.69 Å². The van der Waals surface area contributed by atoms with Crippen molar-refractivity contribution < 1.29 is 4.79 Å². The fraction of sp³-hybridized carbons (Fsp3) is 0.500. The van der Waals surface area contributed by atoms with E-state index in [9.17, 15) is 4.79 Å². The largest absolute Gasteiger partial charge is 0.310 e. The lowest BCUT2D eigenvalue weighted by Crippen LogP contribution is -2.39. The highest BCUT2D eigenvalue weighted by Gasteiger charge is 2.14. The van der Waals surface area contributed by atoms with E-state index in [1.807, 2.05) is 37.9 Å². The van der Waals surface area contributed by atoms with Crippen LogP contribution in [0.3, 0.4) is 0 Å². The van der Waals surface area contributed by atoms with Crippen LogP contribution >= 0.6 is 0 Å². The molecule has 1 aromatic rings. The van der Waals surface area contributed by atoms with Crippen LogP contribution < -0.4 is 4.90 Å². The quantitative estimate of drug-likeness (QED) is 0.806. The maximum atomic E-state index is 11.7. The molecule has 0 aromatic carbocycles. The van der Waals surface area contributed by atoms with E-state index in [0.717, 1.165) is 11.4 Å². The number of anilines is 1. The highest BCUT2D eigenvalue weighted by Crippen LogP contribution is 2.13. The number of nitrogens with zero attached hydrogens (tertiary/aromatic N) is 4. The van der Waals surface area contributed by atoms with E-state index in [0.29, 0.717) is 13.1 Å². The molecule has 19 heavy (non-hydrogen) atoms. The topological polar surface area (TPSA) is 60.2 Å². The summed E-state index contributed by atoms with van der Waals surface area (Å²) in [6.07, 6.45) is 1.70. The van der Waals surface area contributed by atoms with Crippen molar-refractivity contribution >= 4 is 11.6 Å². The molecule has 102 valence electrons. The number of likely N-dealkylation sites (N-methyl/N-ethyl adjacent to an activating group) is 1. The number of carbonyl (C=O) groups is 1. The number of nitriles is 1. The van der Waals surface area contributed by atoms with Crippen molar-refractivity contribution in [3.63, 3.8) is 0 Å². The van der Waals surface area contributed by atoms with Gasteiger partial charge in [-0.25, -0.2) is 0 Å². The van der Waals surface area contributed by atoms with Crippen LogP contribution in [0.2, 0.25) is 0 Å². The summed E-state index contributed by atoms with van der Waals surface area (Å²) in [6, 6.07) is 5.78. The number of rotatable bonds is 5. The number of pyridine rings is 1. The summed E-state index contributed by atoms with van der Waals surface area (Å²) in [4.78, 5) is 19.5. The smallest absolute Gasteiger partial charge is 0.223 e. The van der Waals surface area contributed by atoms with E-state index >= 15 is 0 Å². The highest BCUT2D eigenvalue weighted by atomic mass is 16.2. The average molecular weight is 260 g/mol. The maximum absolute atomic E-state index is 11.7. The molecule has 5 heteroatoms. The molecule has 0 bridgehead atoms. The van der Waals surface area contributed by atoms with Crippen LogP contribution in [-0.2, 0) is 4.79 Å². The van der Waals surface area contributed by atoms with Crippen LogP contribution in [0.5, 0.6) is 0 Å². The van der Waals surface area contributed by atoms with Crippen molar-refractivity contribution in [3.05, 3.63) is 24.0 Å². The van der Waals surface area contributed by atoms with Gasteiger partial charge in [-0.2, -0.15) is 5.26 Å². The Kier molecular flexibility index (Phi) is 5.46. The molecule has 1 unspecified atom stereocenters. The molecule has 0 saturated carbocycles. The number of hydrogen-bond acceptors (Lipinski definition) is 4. The molecule has 1 aromatic heterocycles. The molecule has 0 aliphatic carbocycles. The van der Waals surface area contributed by atoms with Crippen molar-refractivity contribution in [1.29, 1.82) is 5.26 Å². The SMILES string of the molecule is CC(=O)N(CCN(C)C(C)C#N)c1ccc(C)nc1. The van der Waals surface area contributed by atoms with E-state index in [4.69, 9.17) is 5.26 Å². The number of aryl methyl sites for hydroxylation is 1. The van der Waals surface area contributed by atoms with E-state index in [1.165, 1.54) is 6.92 Å². The molecule has 0 aliphatic heterocycles. The normalized spacial score (nSPS) is 12.0. The van der Waals surface area contributed by atoms with Gasteiger partial charge >= 0.3 is 0 Å². The Labute approximate surface area is 114 Å². The number of amides is 1. The molecule has 1 atom stereocenters. The van der Waals surface area contributed by atoms with Gasteiger partial charge in [0.1, 0.15) is 0 Å². The summed E-state index contributed by atoms with van der Waals surface area (Å²) in [6.45, 7) is 6.47. The summed E-state index contributed by atoms with van der Waals surface area (Å²) in [5.41, 5.74) is 1.71. The average Bonchev–Trinajstić information content (AvgIpc) is 2.39. The van der Waals surface area contributed by atoms with Crippen LogP contribution in [0.25, 0.3) is 0 Å². The summed E-state index contributed by atoms with van der Waals surface area (Å²) in [5.74, 6) is -0.0244. The van der Waals surface area contributed by atoms with Crippen molar-refractivity contribution in [2.24, 2.45) is 0 Å². The van der Waals surface area contributed by atoms with Crippen LogP contribution in [-0.4, -0.2) is 42.0 Å². The third kappa shape index (κ3) is 4.34. The molecular formula is C14H20N4O. The van der Waals surface area contributed by atoms with Gasteiger partial charge in [-0.3, -0.25) is 14.7 Å². The van der Waals surface area contributed by atoms with Gasteiger partial charge in [0.25, 0.3) is 0 Å². The van der Waals surface area contributed by atoms with Crippen molar-refractivity contribution in [2.45, 2.75) is 26.8 Å². The van der Waals surface area contributed by atoms with Crippen molar-refractivity contribution in [1.82, 2.24) is 9.88 Å². The second-order valence-corrected chi connectivity index (χ2v) is 4.61. The number of aromatic nitrogens is 1. The zero-order valence-corrected chi connectivity index (χ0v) is 11.9. The van der Waals surface area contributed by atoms with Crippen LogP contribution in [0.1, 0.15) is 19.5 Å². The molecule has 0 N–H and O–H groups in total. The Balaban J connectivity index is 2.72. The van der Waals surface area contributed by atoms with Crippen LogP contribution in [0, 0.1) is 18.3 Å². The third-order valence-electron chi connectivity index (χ3n) is 3.11. The molecule has 0 radical (unpaired) electrons. The Morgan fingerprint density at radius 3 is 2.63 bits per heavy atom. The fourth-order valence-corrected chi connectivity index (χ4v) is 1.64. The molecule has 0 spiro atoms. The van der Waals surface area contributed by atoms with E-state index in [-0.39, 0.29) is 11.9 Å². The van der Waals surface area contributed by atoms with Gasteiger partial charge in [-0.05, 0) is 33.0 Å². The second-order valence-electron chi connectivity index (χ2n) is 4.61. The van der Waals surface area contributed by atoms with Gasteiger partial charge in [0, 0.05) is 25.7 Å². The molecule has 0 saturated heterocycles. The third-order valence-corrected chi connectivity index (χ3v) is 3.11. The summed E-state index contributed by atoms with van der Waals surface area (Å²) in [5, 5.41) is 8.84. The minimum absolute atomic E-state index is 0.0244. The number of carbonyl (C=O) groups excluding carboxylic acids is 1. The van der Waals surface area contributed by atoms with E-state index in [2.05, 4.69) is 11.1 Å². The summed E-state index contributed by atoms with van der Waals surface area (Å²) < 4.78 is 0. The molecule has 0 aliphatic rings. The molecule has 5 nitrogen and oxygen atoms in total. The molecular weight excluding hydrogens is 240 g/mol. The Hall–Kier alpha value is -1.93. The lowest BCUT2D eigenvalue weighted by molar-refractivity contribution is -0.116. The van der Waals surface area contributed by atoms with Gasteiger partial charge in [0.05, 0.1) is 24.0 Å². The van der Waals surface area contributed by atoms with Gasteiger partial charge in [-0.15, -0.1) is 0 Å². The van der Waals surface area contributed by atoms with Crippen molar-refractivity contribution in [2.75, 3.05) is 25.0 Å². The first-order valence-corrected chi connectivity index (χ1v) is 6.26. The van der Waals surface area contributed by atoms with Crippen molar-refractivity contribution in [3.8, 4) is 6.07 Å². The predicted molar refractivity (Wildman–Crippen MR) is 74.7 cm³/mol. The second kappa shape index (κ2) is 6.86. The fourth-order valence-electron chi connectivity index (χ4n) is 1.64. The maximum Gasteiger partial charge on any atom is 0.223 e. The van der Waals surface area contributed by atoms with Gasteiger partial charge in [0.15, 0.2) is 0 Å². The molecule has 1 amide bonds. The zero-order valence-electron chi connectivity index (χ0n) is 11.9. The molecule has 0 fully saturated rings. The standard InChI is InChI=1S/C14H20N4O/c1-11-5-6-14(10-16-11)18(13(3)19)8-7-17(4)12(2)9-15/h5-6,10,12H,7-8H2,1-4H3. The lowest BCUT2D eigenvalue weighted by atomic mass is 10.3. The van der Waals surface area contributed by atoms with E-state index < -0.39 is 0 Å². The lowest BCUT2D eigenvalue weighted by Gasteiger charge is -2.25. The van der Waals surface area contributed by atoms with Gasteiger partial charge in [-0.1, -0.05) is 0 Å². The summed E-state index contributed by atoms with van der Waals surface area (Å²) >= 11 is 0. The predicted octanol–water partition coefficient (Wildman–Crippen LogP) is 1.59. The van der Waals surface area contributed by atoms with E-state index in [1.54, 1.807) is 11.1 Å². The highest BCUT2D eigenvalue weighted by molar-refractivity contribution is 5.91. The minimum Gasteiger partial charge on any atom is -0.310 e. The van der Waals surface area contributed by atoms with Crippen LogP contribution in [0.15, 0.2) is 18.3 Å². The first kappa shape index (κ1) is 15.1. The Morgan fingerprint density at radius 2 is 2.16 bits per heavy atom.